The second-order valence-corrected chi connectivity index (χ2v) is 10.0. The molecule has 0 rings (SSSR count). The maximum absolute atomic E-state index is 10.7. The number of hydrogen-bond donors (Lipinski definition) is 0. The van der Waals surface area contributed by atoms with Crippen molar-refractivity contribution in [3.63, 3.8) is 0 Å². The third-order valence-corrected chi connectivity index (χ3v) is 3.41. The van der Waals surface area contributed by atoms with E-state index in [1.807, 2.05) is 27.7 Å². The van der Waals surface area contributed by atoms with Crippen molar-refractivity contribution >= 4 is 0 Å². The van der Waals surface area contributed by atoms with Crippen molar-refractivity contribution in [1.82, 2.24) is 0 Å². The molecular weight excluding hydrogens is 443 g/mol. The maximum Gasteiger partial charge on any atom is 4.00 e. The van der Waals surface area contributed by atoms with Gasteiger partial charge in [-0.1, -0.05) is 134 Å². The van der Waals surface area contributed by atoms with E-state index in [9.17, 15) is 20.4 Å². The average molecular weight is 496 g/mol. The second-order valence-electron chi connectivity index (χ2n) is 10.0. The van der Waals surface area contributed by atoms with Gasteiger partial charge in [0.2, 0.25) is 0 Å². The van der Waals surface area contributed by atoms with Crippen molar-refractivity contribution in [3.05, 3.63) is 0 Å². The Labute approximate surface area is 203 Å². The molecule has 4 nitrogen and oxygen atoms in total. The summed E-state index contributed by atoms with van der Waals surface area (Å²) < 4.78 is 0. The Morgan fingerprint density at radius 3 is 0.483 bits per heavy atom. The van der Waals surface area contributed by atoms with E-state index in [1.165, 1.54) is 0 Å². The Kier molecular flexibility index (Phi) is 28.5. The molecule has 176 valence electrons. The van der Waals surface area contributed by atoms with Crippen molar-refractivity contribution in [1.29, 1.82) is 0 Å². The first kappa shape index (κ1) is 40.1. The van der Waals surface area contributed by atoms with E-state index in [-0.39, 0.29) is 26.2 Å². The van der Waals surface area contributed by atoms with Crippen LogP contribution in [0.4, 0.5) is 0 Å². The number of hydrogen-bond acceptors (Lipinski definition) is 4. The van der Waals surface area contributed by atoms with E-state index in [1.54, 1.807) is 55.4 Å². The summed E-state index contributed by atoms with van der Waals surface area (Å²) in [4.78, 5) is 0. The van der Waals surface area contributed by atoms with Crippen LogP contribution >= 0.6 is 0 Å². The average Bonchev–Trinajstić information content (AvgIpc) is 2.34. The zero-order chi connectivity index (χ0) is 23.7. The fourth-order valence-corrected chi connectivity index (χ4v) is 2.41. The molecule has 5 heteroatoms. The summed E-state index contributed by atoms with van der Waals surface area (Å²) in [6.07, 6.45) is 7.12. The van der Waals surface area contributed by atoms with Crippen molar-refractivity contribution in [3.8, 4) is 0 Å². The van der Waals surface area contributed by atoms with Crippen LogP contribution in [-0.2, 0) is 26.2 Å². The van der Waals surface area contributed by atoms with Crippen LogP contribution in [0.15, 0.2) is 0 Å². The van der Waals surface area contributed by atoms with Gasteiger partial charge in [0.15, 0.2) is 0 Å². The minimum Gasteiger partial charge on any atom is -0.850 e. The molecule has 0 aromatic heterocycles. The van der Waals surface area contributed by atoms with E-state index >= 15 is 0 Å². The monoisotopic (exact) mass is 494 g/mol. The minimum absolute atomic E-state index is 0. The molecule has 0 aliphatic carbocycles. The molecule has 0 aromatic carbocycles. The molecule has 0 atom stereocenters. The van der Waals surface area contributed by atoms with Crippen LogP contribution in [0.2, 0.25) is 0 Å². The summed E-state index contributed by atoms with van der Waals surface area (Å²) in [6.45, 7) is 21.9. The first-order valence-electron chi connectivity index (χ1n) is 11.1. The van der Waals surface area contributed by atoms with E-state index < -0.39 is 22.4 Å². The van der Waals surface area contributed by atoms with Gasteiger partial charge in [0.25, 0.3) is 0 Å². The van der Waals surface area contributed by atoms with Crippen LogP contribution < -0.4 is 20.4 Å². The molecular formula is C24H52O4Zr. The molecule has 0 aliphatic rings. The quantitative estimate of drug-likeness (QED) is 0.513. The molecule has 0 spiro atoms. The maximum atomic E-state index is 10.7. The van der Waals surface area contributed by atoms with Crippen LogP contribution in [0.3, 0.4) is 0 Å². The van der Waals surface area contributed by atoms with E-state index in [0.717, 1.165) is 51.4 Å². The van der Waals surface area contributed by atoms with Gasteiger partial charge in [0.05, 0.1) is 0 Å². The first-order valence-corrected chi connectivity index (χ1v) is 11.1. The predicted octanol–water partition coefficient (Wildman–Crippen LogP) is 3.70. The molecule has 0 aromatic rings. The first-order chi connectivity index (χ1) is 12.2. The summed E-state index contributed by atoms with van der Waals surface area (Å²) in [7, 11) is 0. The molecule has 0 N–H and O–H groups in total. The fourth-order valence-electron chi connectivity index (χ4n) is 2.41. The van der Waals surface area contributed by atoms with Crippen molar-refractivity contribution in [2.24, 2.45) is 0 Å². The molecule has 0 fully saturated rings. The summed E-state index contributed by atoms with van der Waals surface area (Å²) in [5.74, 6) is 0. The van der Waals surface area contributed by atoms with E-state index in [0.29, 0.717) is 0 Å². The Morgan fingerprint density at radius 1 is 0.379 bits per heavy atom. The van der Waals surface area contributed by atoms with Gasteiger partial charge in [0, 0.05) is 0 Å². The Bertz CT molecular complexity index is 241. The molecule has 29 heavy (non-hydrogen) atoms. The molecule has 0 unspecified atom stereocenters. The van der Waals surface area contributed by atoms with Gasteiger partial charge in [-0.15, -0.1) is 22.4 Å². The smallest absolute Gasteiger partial charge is 0.850 e. The van der Waals surface area contributed by atoms with Gasteiger partial charge in [-0.3, -0.25) is 0 Å². The number of rotatable bonds is 8. The van der Waals surface area contributed by atoms with Crippen LogP contribution in [0.5, 0.6) is 0 Å². The summed E-state index contributed by atoms with van der Waals surface area (Å²) in [5.41, 5.74) is -2.80. The largest absolute Gasteiger partial charge is 4.00 e. The van der Waals surface area contributed by atoms with E-state index in [2.05, 4.69) is 0 Å². The predicted molar refractivity (Wildman–Crippen MR) is 116 cm³/mol. The Balaban J connectivity index is -0.0000000873. The van der Waals surface area contributed by atoms with Crippen molar-refractivity contribution < 1.29 is 46.6 Å². The third-order valence-electron chi connectivity index (χ3n) is 3.41. The molecule has 0 radical (unpaired) electrons. The normalized spacial score (nSPS) is 11.6. The minimum atomic E-state index is -0.700. The summed E-state index contributed by atoms with van der Waals surface area (Å²) >= 11 is 0. The standard InChI is InChI=1S/4C6H13O.Zr/c4*1-4-5-6(2,3)7;/h4*4-5H2,1-3H3;/q4*-1;+4. The summed E-state index contributed by atoms with van der Waals surface area (Å²) in [6, 6.07) is 0. The molecule has 0 saturated carbocycles. The zero-order valence-corrected chi connectivity index (χ0v) is 24.2. The molecule has 0 bridgehead atoms. The molecule has 0 saturated heterocycles. The van der Waals surface area contributed by atoms with Crippen molar-refractivity contribution in [2.45, 2.75) is 157 Å². The fraction of sp³-hybridized carbons (Fsp3) is 1.00. The van der Waals surface area contributed by atoms with Gasteiger partial charge < -0.3 is 20.4 Å². The molecule has 0 amide bonds. The van der Waals surface area contributed by atoms with Crippen LogP contribution in [-0.4, -0.2) is 22.4 Å². The van der Waals surface area contributed by atoms with Gasteiger partial charge in [-0.2, -0.15) is 0 Å². The van der Waals surface area contributed by atoms with Crippen LogP contribution in [0, 0.1) is 0 Å². The second kappa shape index (κ2) is 20.6. The van der Waals surface area contributed by atoms with Crippen molar-refractivity contribution in [2.75, 3.05) is 0 Å². The SMILES string of the molecule is CCCC(C)(C)[O-].CCCC(C)(C)[O-].CCCC(C)(C)[O-].CCCC(C)(C)[O-].[Zr+4]. The van der Waals surface area contributed by atoms with Gasteiger partial charge in [0.1, 0.15) is 0 Å². The van der Waals surface area contributed by atoms with Crippen LogP contribution in [0.1, 0.15) is 134 Å². The van der Waals surface area contributed by atoms with Gasteiger partial charge >= 0.3 is 26.2 Å². The third kappa shape index (κ3) is 73.3. The molecule has 0 heterocycles. The Morgan fingerprint density at radius 2 is 0.483 bits per heavy atom. The topological polar surface area (TPSA) is 92.2 Å². The van der Waals surface area contributed by atoms with Crippen LogP contribution in [0.25, 0.3) is 0 Å². The van der Waals surface area contributed by atoms with E-state index in [4.69, 9.17) is 0 Å². The van der Waals surface area contributed by atoms with Gasteiger partial charge in [-0.25, -0.2) is 0 Å². The Hall–Kier alpha value is 0.723. The summed E-state index contributed by atoms with van der Waals surface area (Å²) in [5, 5.41) is 42.8. The molecule has 0 aliphatic heterocycles. The van der Waals surface area contributed by atoms with Gasteiger partial charge in [-0.05, 0) is 0 Å². The zero-order valence-electron chi connectivity index (χ0n) is 21.8.